The summed E-state index contributed by atoms with van der Waals surface area (Å²) in [6.07, 6.45) is 6.81. The summed E-state index contributed by atoms with van der Waals surface area (Å²) >= 11 is 12.3. The molecule has 0 bridgehead atoms. The van der Waals surface area contributed by atoms with Gasteiger partial charge in [-0.1, -0.05) is 66.7 Å². The minimum Gasteiger partial charge on any atom is -0.353 e. The Balaban J connectivity index is 0.000000446. The summed E-state index contributed by atoms with van der Waals surface area (Å²) in [4.78, 5) is 25.4. The van der Waals surface area contributed by atoms with Gasteiger partial charge >= 0.3 is 0 Å². The Morgan fingerprint density at radius 1 is 0.975 bits per heavy atom. The summed E-state index contributed by atoms with van der Waals surface area (Å²) in [5, 5.41) is 6.78. The summed E-state index contributed by atoms with van der Waals surface area (Å²) in [6, 6.07) is 11.8. The van der Waals surface area contributed by atoms with E-state index in [4.69, 9.17) is 23.2 Å². The highest BCUT2D eigenvalue weighted by atomic mass is 35.5. The van der Waals surface area contributed by atoms with Crippen LogP contribution in [-0.4, -0.2) is 52.7 Å². The van der Waals surface area contributed by atoms with Gasteiger partial charge in [-0.25, -0.2) is 13.1 Å². The molecule has 1 aliphatic heterocycles. The first kappa shape index (κ1) is 35.8. The van der Waals surface area contributed by atoms with E-state index in [1.807, 2.05) is 26.0 Å². The van der Waals surface area contributed by atoms with Gasteiger partial charge in [0.15, 0.2) is 0 Å². The molecular weight excluding hydrogens is 573 g/mol. The van der Waals surface area contributed by atoms with Gasteiger partial charge in [0.1, 0.15) is 0 Å². The number of amides is 2. The molecule has 0 radical (unpaired) electrons. The van der Waals surface area contributed by atoms with Crippen LogP contribution in [0.5, 0.6) is 0 Å². The maximum Gasteiger partial charge on any atom is 0.252 e. The van der Waals surface area contributed by atoms with Crippen molar-refractivity contribution in [1.29, 1.82) is 0 Å². The minimum atomic E-state index is -2.97. The van der Waals surface area contributed by atoms with Gasteiger partial charge < -0.3 is 22.1 Å². The maximum atomic E-state index is 12.9. The lowest BCUT2D eigenvalue weighted by atomic mass is 9.80. The van der Waals surface area contributed by atoms with Crippen LogP contribution in [0.1, 0.15) is 79.4 Å². The van der Waals surface area contributed by atoms with E-state index < -0.39 is 22.0 Å². The molecule has 2 aliphatic rings. The number of hydrogen-bond donors (Lipinski definition) is 5. The summed E-state index contributed by atoms with van der Waals surface area (Å²) in [7, 11) is 0.0262. The Labute approximate surface area is 248 Å². The Morgan fingerprint density at radius 2 is 1.57 bits per heavy atom. The summed E-state index contributed by atoms with van der Waals surface area (Å²) in [5.74, 6) is -0.950. The van der Waals surface area contributed by atoms with Gasteiger partial charge in [0.25, 0.3) is 5.91 Å². The van der Waals surface area contributed by atoms with Gasteiger partial charge in [0.05, 0.1) is 18.2 Å². The van der Waals surface area contributed by atoms with E-state index in [-0.39, 0.29) is 23.9 Å². The highest BCUT2D eigenvalue weighted by Gasteiger charge is 2.39. The minimum absolute atomic E-state index is 0.0152. The van der Waals surface area contributed by atoms with Gasteiger partial charge in [-0.15, -0.1) is 0 Å². The summed E-state index contributed by atoms with van der Waals surface area (Å²) in [5.41, 5.74) is 10.9. The zero-order valence-electron chi connectivity index (χ0n) is 23.8. The van der Waals surface area contributed by atoms with E-state index in [2.05, 4.69) is 26.8 Å². The third-order valence-corrected chi connectivity index (χ3v) is 7.48. The third kappa shape index (κ3) is 11.0. The number of nitrogens with two attached hydrogens (primary N) is 2. The van der Waals surface area contributed by atoms with E-state index in [9.17, 15) is 18.0 Å². The van der Waals surface area contributed by atoms with Crippen LogP contribution in [0.25, 0.3) is 0 Å². The average Bonchev–Trinajstić information content (AvgIpc) is 2.90. The largest absolute Gasteiger partial charge is 0.353 e. The molecule has 0 unspecified atom stereocenters. The molecule has 2 atom stereocenters. The van der Waals surface area contributed by atoms with Crippen LogP contribution < -0.4 is 26.8 Å². The lowest BCUT2D eigenvalue weighted by Gasteiger charge is -2.34. The number of carbonyl (C=O) groups is 2. The Morgan fingerprint density at radius 3 is 2.12 bits per heavy atom. The molecule has 1 aliphatic carbocycles. The van der Waals surface area contributed by atoms with Gasteiger partial charge in [-0.05, 0) is 70.1 Å². The highest BCUT2D eigenvalue weighted by molar-refractivity contribution is 7.88. The zero-order chi connectivity index (χ0) is 30.5. The molecule has 12 heteroatoms. The standard InChI is InChI=1S/C19H18Cl2N2O2.C7H15NO2S.2CH5N/c1-10(2)22-19(25)16-12-5-3-4-6-13(12)18(24)23-17(16)14-8-7-11(20)9-15(14)21;1-11(9,10)8-7-5-3-2-4-6-7;2*1-2/h3-10,16-17H,1-2H3,(H,22,25)(H,23,24);7-8H,2-6H2,1H3;2*2H2,1H3/t16-,17+;;;/m1.../s1. The van der Waals surface area contributed by atoms with Crippen LogP contribution in [0.4, 0.5) is 0 Å². The third-order valence-electron chi connectivity index (χ3n) is 6.16. The van der Waals surface area contributed by atoms with E-state index in [0.29, 0.717) is 26.7 Å². The van der Waals surface area contributed by atoms with Gasteiger partial charge in [0.2, 0.25) is 15.9 Å². The van der Waals surface area contributed by atoms with Crippen LogP contribution in [0.3, 0.4) is 0 Å². The molecule has 2 aromatic carbocycles. The molecule has 7 N–H and O–H groups in total. The van der Waals surface area contributed by atoms with Crippen molar-refractivity contribution < 1.29 is 18.0 Å². The van der Waals surface area contributed by atoms with Crippen molar-refractivity contribution in [3.05, 3.63) is 69.2 Å². The molecule has 0 aromatic heterocycles. The topological polar surface area (TPSA) is 156 Å². The number of fused-ring (bicyclic) bond motifs is 1. The van der Waals surface area contributed by atoms with E-state index in [1.165, 1.54) is 26.8 Å². The molecule has 1 saturated carbocycles. The van der Waals surface area contributed by atoms with Crippen molar-refractivity contribution in [2.24, 2.45) is 11.5 Å². The normalized spacial score (nSPS) is 18.4. The summed E-state index contributed by atoms with van der Waals surface area (Å²) in [6.45, 7) is 3.80. The SMILES string of the molecule is CC(C)NC(=O)[C@@H]1c2ccccc2C(=O)N[C@H]1c1ccc(Cl)cc1Cl.CN.CN.CS(=O)(=O)NC1CCCCC1. The fraction of sp³-hybridized carbons (Fsp3) is 0.500. The number of hydrogen-bond acceptors (Lipinski definition) is 6. The molecule has 0 spiro atoms. The first-order chi connectivity index (χ1) is 19.0. The quantitative estimate of drug-likeness (QED) is 0.341. The Bertz CT molecular complexity index is 1200. The number of nitrogens with one attached hydrogen (secondary N) is 3. The van der Waals surface area contributed by atoms with Gasteiger partial charge in [0, 0.05) is 27.7 Å². The molecular formula is C28H43Cl2N5O4S. The Hall–Kier alpha value is -2.21. The molecule has 0 saturated heterocycles. The molecule has 40 heavy (non-hydrogen) atoms. The molecule has 224 valence electrons. The maximum absolute atomic E-state index is 12.9. The number of benzene rings is 2. The van der Waals surface area contributed by atoms with Gasteiger partial charge in [-0.3, -0.25) is 9.59 Å². The van der Waals surface area contributed by atoms with Crippen molar-refractivity contribution in [2.75, 3.05) is 20.4 Å². The van der Waals surface area contributed by atoms with E-state index in [1.54, 1.807) is 30.3 Å². The van der Waals surface area contributed by atoms with Crippen LogP contribution in [0.2, 0.25) is 10.0 Å². The number of rotatable bonds is 5. The van der Waals surface area contributed by atoms with Crippen molar-refractivity contribution in [3.8, 4) is 0 Å². The van der Waals surface area contributed by atoms with Crippen LogP contribution in [0.15, 0.2) is 42.5 Å². The lowest BCUT2D eigenvalue weighted by molar-refractivity contribution is -0.123. The van der Waals surface area contributed by atoms with Crippen LogP contribution in [0, 0.1) is 0 Å². The second-order valence-corrected chi connectivity index (χ2v) is 12.2. The number of carbonyl (C=O) groups excluding carboxylic acids is 2. The van der Waals surface area contributed by atoms with Gasteiger partial charge in [-0.2, -0.15) is 0 Å². The molecule has 1 heterocycles. The van der Waals surface area contributed by atoms with E-state index in [0.717, 1.165) is 25.7 Å². The second-order valence-electron chi connectivity index (χ2n) is 9.57. The smallest absolute Gasteiger partial charge is 0.252 e. The van der Waals surface area contributed by atoms with Crippen molar-refractivity contribution in [3.63, 3.8) is 0 Å². The van der Waals surface area contributed by atoms with Crippen molar-refractivity contribution in [2.45, 2.75) is 70.0 Å². The van der Waals surface area contributed by atoms with Crippen LogP contribution >= 0.6 is 23.2 Å². The molecule has 9 nitrogen and oxygen atoms in total. The molecule has 2 amide bonds. The molecule has 4 rings (SSSR count). The fourth-order valence-electron chi connectivity index (χ4n) is 4.66. The predicted octanol–water partition coefficient (Wildman–Crippen LogP) is 4.10. The lowest BCUT2D eigenvalue weighted by Crippen LogP contribution is -2.46. The highest BCUT2D eigenvalue weighted by Crippen LogP contribution is 2.40. The van der Waals surface area contributed by atoms with E-state index >= 15 is 0 Å². The second kappa shape index (κ2) is 17.6. The molecule has 2 aromatic rings. The zero-order valence-corrected chi connectivity index (χ0v) is 26.2. The average molecular weight is 617 g/mol. The first-order valence-corrected chi connectivity index (χ1v) is 15.9. The van der Waals surface area contributed by atoms with Crippen molar-refractivity contribution >= 4 is 45.0 Å². The fourth-order valence-corrected chi connectivity index (χ4v) is 6.03. The monoisotopic (exact) mass is 615 g/mol. The Kier molecular flexibility index (Phi) is 15.7. The first-order valence-electron chi connectivity index (χ1n) is 13.2. The molecule has 1 fully saturated rings. The summed E-state index contributed by atoms with van der Waals surface area (Å²) < 4.78 is 24.2. The number of halogens is 2. The predicted molar refractivity (Wildman–Crippen MR) is 164 cm³/mol. The van der Waals surface area contributed by atoms with Crippen LogP contribution in [-0.2, 0) is 14.8 Å². The number of sulfonamides is 1. The van der Waals surface area contributed by atoms with Crippen molar-refractivity contribution in [1.82, 2.24) is 15.4 Å².